The smallest absolute Gasteiger partial charge is 0.407 e. The first-order valence-corrected chi connectivity index (χ1v) is 17.8. The molecule has 1 aliphatic heterocycles. The van der Waals surface area contributed by atoms with E-state index in [1.807, 2.05) is 85.5 Å². The van der Waals surface area contributed by atoms with Crippen molar-refractivity contribution in [2.24, 2.45) is 0 Å². The second-order valence-electron chi connectivity index (χ2n) is 13.2. The normalized spacial score (nSPS) is 13.8. The summed E-state index contributed by atoms with van der Waals surface area (Å²) in [6.07, 6.45) is 0.235. The van der Waals surface area contributed by atoms with Crippen LogP contribution in [0.2, 0.25) is 5.15 Å². The first-order chi connectivity index (χ1) is 26.5. The van der Waals surface area contributed by atoms with Crippen LogP contribution < -0.4 is 10.2 Å². The van der Waals surface area contributed by atoms with Gasteiger partial charge < -0.3 is 25.2 Å². The molecule has 3 heterocycles. The Morgan fingerprint density at radius 3 is 1.98 bits per heavy atom. The predicted molar refractivity (Wildman–Crippen MR) is 208 cm³/mol. The van der Waals surface area contributed by atoms with Gasteiger partial charge in [-0.25, -0.2) is 33.5 Å². The standard InChI is InChI=1S/C27H25FN4O3.C15H10ClFN2O/c1-17-10-11-20-22(14-17)30-25(24-21(28)8-5-9-23(24)33)31-26(20)32-13-12-19(15-32)29-27(34)35-16-18-6-3-2-4-7-18;1-8-5-6-9-11(7-8)18-15(19-14(9)16)13-10(17)3-2-4-12(13)20/h2-11,14,19,33H,12-13,15-16H2,1H3,(H,29,34);2-7,20H,1H3/t19-;/m1./s1. The van der Waals surface area contributed by atoms with Crippen molar-refractivity contribution in [2.45, 2.75) is 32.9 Å². The molecule has 10 nitrogen and oxygen atoms in total. The number of nitrogens with one attached hydrogen (secondary N) is 1. The van der Waals surface area contributed by atoms with Gasteiger partial charge in [0.15, 0.2) is 11.6 Å². The highest BCUT2D eigenvalue weighted by Crippen LogP contribution is 2.35. The molecule has 0 aliphatic carbocycles. The number of anilines is 1. The number of hydrogen-bond donors (Lipinski definition) is 3. The summed E-state index contributed by atoms with van der Waals surface area (Å²) in [6.45, 7) is 5.25. The zero-order valence-electron chi connectivity index (χ0n) is 29.8. The highest BCUT2D eigenvalue weighted by Gasteiger charge is 2.28. The van der Waals surface area contributed by atoms with Crippen LogP contribution in [0.4, 0.5) is 19.4 Å². The number of carbonyl (C=O) groups is 1. The van der Waals surface area contributed by atoms with Gasteiger partial charge in [0.05, 0.1) is 28.2 Å². The average Bonchev–Trinajstić information content (AvgIpc) is 3.62. The van der Waals surface area contributed by atoms with Crippen LogP contribution in [0.3, 0.4) is 0 Å². The summed E-state index contributed by atoms with van der Waals surface area (Å²) in [4.78, 5) is 32.0. The number of phenolic OH excluding ortho intramolecular Hbond substituents is 2. The van der Waals surface area contributed by atoms with Gasteiger partial charge in [-0.3, -0.25) is 0 Å². The van der Waals surface area contributed by atoms with Crippen molar-refractivity contribution >= 4 is 45.3 Å². The Labute approximate surface area is 320 Å². The molecule has 13 heteroatoms. The fourth-order valence-electron chi connectivity index (χ4n) is 6.36. The summed E-state index contributed by atoms with van der Waals surface area (Å²) < 4.78 is 33.8. The number of phenols is 2. The van der Waals surface area contributed by atoms with Crippen LogP contribution in [0, 0.1) is 25.5 Å². The van der Waals surface area contributed by atoms with Crippen LogP contribution in [0.15, 0.2) is 103 Å². The topological polar surface area (TPSA) is 134 Å². The number of benzene rings is 5. The van der Waals surface area contributed by atoms with E-state index in [-0.39, 0.29) is 52.1 Å². The molecular formula is C42H35ClF2N6O4. The van der Waals surface area contributed by atoms with Crippen molar-refractivity contribution in [3.8, 4) is 34.3 Å². The third-order valence-electron chi connectivity index (χ3n) is 9.09. The second kappa shape index (κ2) is 15.9. The van der Waals surface area contributed by atoms with Crippen LogP contribution >= 0.6 is 11.6 Å². The van der Waals surface area contributed by atoms with E-state index in [1.165, 1.54) is 36.4 Å². The van der Waals surface area contributed by atoms with E-state index in [9.17, 15) is 23.8 Å². The van der Waals surface area contributed by atoms with Crippen molar-refractivity contribution in [3.05, 3.63) is 137 Å². The molecule has 55 heavy (non-hydrogen) atoms. The minimum absolute atomic E-state index is 0.0319. The summed E-state index contributed by atoms with van der Waals surface area (Å²) in [5, 5.41) is 24.8. The molecule has 7 aromatic rings. The molecule has 1 amide bonds. The van der Waals surface area contributed by atoms with E-state index < -0.39 is 17.7 Å². The van der Waals surface area contributed by atoms with Gasteiger partial charge in [-0.05, 0) is 85.5 Å². The Bertz CT molecular complexity index is 2500. The van der Waals surface area contributed by atoms with Crippen LogP contribution in [0.25, 0.3) is 44.6 Å². The number of nitrogens with zero attached hydrogens (tertiary/aromatic N) is 5. The third kappa shape index (κ3) is 8.24. The predicted octanol–water partition coefficient (Wildman–Crippen LogP) is 9.06. The zero-order chi connectivity index (χ0) is 38.6. The Balaban J connectivity index is 0.000000197. The summed E-state index contributed by atoms with van der Waals surface area (Å²) in [5.74, 6) is -0.790. The lowest BCUT2D eigenvalue weighted by Crippen LogP contribution is -2.37. The molecule has 1 fully saturated rings. The fraction of sp³-hybridized carbons (Fsp3) is 0.167. The molecule has 5 aromatic carbocycles. The van der Waals surface area contributed by atoms with Gasteiger partial charge >= 0.3 is 6.09 Å². The van der Waals surface area contributed by atoms with Crippen LogP contribution in [0.1, 0.15) is 23.1 Å². The van der Waals surface area contributed by atoms with Crippen LogP contribution in [-0.4, -0.2) is 55.4 Å². The highest BCUT2D eigenvalue weighted by atomic mass is 35.5. The fourth-order valence-corrected chi connectivity index (χ4v) is 6.60. The lowest BCUT2D eigenvalue weighted by atomic mass is 10.1. The number of fused-ring (bicyclic) bond motifs is 2. The number of aromatic hydroxyl groups is 2. The number of aromatic nitrogens is 4. The Hall–Kier alpha value is -6.40. The molecule has 0 spiro atoms. The van der Waals surface area contributed by atoms with Crippen molar-refractivity contribution < 1.29 is 28.5 Å². The number of ether oxygens (including phenoxy) is 1. The first-order valence-electron chi connectivity index (χ1n) is 17.4. The molecule has 8 rings (SSSR count). The molecule has 0 radical (unpaired) electrons. The minimum Gasteiger partial charge on any atom is -0.507 e. The lowest BCUT2D eigenvalue weighted by Gasteiger charge is -2.21. The largest absolute Gasteiger partial charge is 0.507 e. The molecule has 3 N–H and O–H groups in total. The Kier molecular flexibility index (Phi) is 10.7. The molecule has 2 aromatic heterocycles. The van der Waals surface area contributed by atoms with E-state index in [0.717, 1.165) is 22.1 Å². The number of hydrogen-bond acceptors (Lipinski definition) is 9. The van der Waals surface area contributed by atoms with Crippen molar-refractivity contribution in [2.75, 3.05) is 18.0 Å². The number of amides is 1. The maximum atomic E-state index is 14.6. The SMILES string of the molecule is Cc1ccc2c(Cl)nc(-c3c(O)cccc3F)nc2c1.Cc1ccc2c(N3CC[C@@H](NC(=O)OCc4ccccc4)C3)nc(-c3c(O)cccc3F)nc2c1. The van der Waals surface area contributed by atoms with E-state index in [2.05, 4.69) is 25.3 Å². The van der Waals surface area contributed by atoms with Gasteiger partial charge in [-0.1, -0.05) is 66.2 Å². The molecule has 0 unspecified atom stereocenters. The lowest BCUT2D eigenvalue weighted by molar-refractivity contribution is 0.136. The second-order valence-corrected chi connectivity index (χ2v) is 13.5. The molecule has 0 bridgehead atoms. The van der Waals surface area contributed by atoms with Gasteiger partial charge in [0.2, 0.25) is 0 Å². The Morgan fingerprint density at radius 1 is 0.782 bits per heavy atom. The first kappa shape index (κ1) is 36.9. The maximum absolute atomic E-state index is 14.6. The zero-order valence-corrected chi connectivity index (χ0v) is 30.6. The number of halogens is 3. The average molecular weight is 761 g/mol. The quantitative estimate of drug-likeness (QED) is 0.142. The van der Waals surface area contributed by atoms with Gasteiger partial charge in [0.25, 0.3) is 0 Å². The minimum atomic E-state index is -0.593. The van der Waals surface area contributed by atoms with Gasteiger partial charge in [0, 0.05) is 23.9 Å². The summed E-state index contributed by atoms with van der Waals surface area (Å²) in [6, 6.07) is 28.9. The van der Waals surface area contributed by atoms with E-state index in [1.54, 1.807) is 0 Å². The van der Waals surface area contributed by atoms with E-state index in [0.29, 0.717) is 41.7 Å². The molecule has 1 saturated heterocycles. The van der Waals surface area contributed by atoms with E-state index in [4.69, 9.17) is 16.3 Å². The van der Waals surface area contributed by atoms with Crippen molar-refractivity contribution in [1.82, 2.24) is 25.3 Å². The molecule has 0 saturated carbocycles. The van der Waals surface area contributed by atoms with Gasteiger partial charge in [-0.2, -0.15) is 0 Å². The Morgan fingerprint density at radius 2 is 1.36 bits per heavy atom. The number of aryl methyl sites for hydroxylation is 2. The monoisotopic (exact) mass is 760 g/mol. The summed E-state index contributed by atoms with van der Waals surface area (Å²) >= 11 is 6.11. The molecule has 1 atom stereocenters. The number of carbonyl (C=O) groups excluding carboxylic acids is 1. The van der Waals surface area contributed by atoms with Gasteiger partial charge in [0.1, 0.15) is 40.7 Å². The van der Waals surface area contributed by atoms with E-state index >= 15 is 0 Å². The summed E-state index contributed by atoms with van der Waals surface area (Å²) in [5.41, 5.74) is 4.13. The van der Waals surface area contributed by atoms with Crippen LogP contribution in [-0.2, 0) is 11.3 Å². The molecule has 1 aliphatic rings. The van der Waals surface area contributed by atoms with Crippen molar-refractivity contribution in [1.29, 1.82) is 0 Å². The van der Waals surface area contributed by atoms with Crippen LogP contribution in [0.5, 0.6) is 11.5 Å². The van der Waals surface area contributed by atoms with Crippen molar-refractivity contribution in [3.63, 3.8) is 0 Å². The molecular weight excluding hydrogens is 726 g/mol. The number of rotatable bonds is 6. The summed E-state index contributed by atoms with van der Waals surface area (Å²) in [7, 11) is 0. The highest BCUT2D eigenvalue weighted by molar-refractivity contribution is 6.34. The van der Waals surface area contributed by atoms with Gasteiger partial charge in [-0.15, -0.1) is 0 Å². The maximum Gasteiger partial charge on any atom is 0.407 e. The number of alkyl carbamates (subject to hydrolysis) is 1. The molecule has 278 valence electrons. The third-order valence-corrected chi connectivity index (χ3v) is 9.38.